The molecule has 0 amide bonds. The Morgan fingerprint density at radius 3 is 3.00 bits per heavy atom. The second-order valence-corrected chi connectivity index (χ2v) is 4.70. The summed E-state index contributed by atoms with van der Waals surface area (Å²) in [6, 6.07) is 7.14. The van der Waals surface area contributed by atoms with Gasteiger partial charge in [0.2, 0.25) is 0 Å². The van der Waals surface area contributed by atoms with Crippen molar-refractivity contribution in [2.75, 3.05) is 7.05 Å². The number of hydrogen-bond donors (Lipinski definition) is 0. The first kappa shape index (κ1) is 9.22. The summed E-state index contributed by atoms with van der Waals surface area (Å²) in [5, 5.41) is 0. The van der Waals surface area contributed by atoms with Crippen LogP contribution in [-0.2, 0) is 13.0 Å². The maximum absolute atomic E-state index is 3.61. The van der Waals surface area contributed by atoms with Crippen molar-refractivity contribution in [2.45, 2.75) is 25.9 Å². The second kappa shape index (κ2) is 3.43. The van der Waals surface area contributed by atoms with Gasteiger partial charge in [0, 0.05) is 17.1 Å². The number of rotatable bonds is 0. The summed E-state index contributed by atoms with van der Waals surface area (Å²) in [5.74, 6) is 0. The first-order valence-electron chi connectivity index (χ1n) is 4.65. The molecule has 0 aliphatic carbocycles. The van der Waals surface area contributed by atoms with Gasteiger partial charge in [-0.3, -0.25) is 4.90 Å². The Kier molecular flexibility index (Phi) is 2.43. The third kappa shape index (κ3) is 1.65. The molecule has 1 atom stereocenters. The molecule has 0 aromatic heterocycles. The summed E-state index contributed by atoms with van der Waals surface area (Å²) in [6.45, 7) is 3.36. The molecule has 0 fully saturated rings. The molecule has 0 saturated carbocycles. The average molecular weight is 240 g/mol. The number of fused-ring (bicyclic) bond motifs is 1. The molecule has 1 unspecified atom stereocenters. The van der Waals surface area contributed by atoms with Crippen molar-refractivity contribution in [1.82, 2.24) is 4.90 Å². The SMILES string of the molecule is CC1Cc2c(Br)cccc2CN1C. The predicted molar refractivity (Wildman–Crippen MR) is 58.8 cm³/mol. The lowest BCUT2D eigenvalue weighted by Gasteiger charge is -2.32. The minimum atomic E-state index is 0.659. The van der Waals surface area contributed by atoms with E-state index in [1.54, 1.807) is 0 Å². The van der Waals surface area contributed by atoms with Gasteiger partial charge in [0.1, 0.15) is 0 Å². The van der Waals surface area contributed by atoms with Crippen LogP contribution in [0.25, 0.3) is 0 Å². The van der Waals surface area contributed by atoms with E-state index in [-0.39, 0.29) is 0 Å². The summed E-state index contributed by atoms with van der Waals surface area (Å²) in [4.78, 5) is 2.40. The van der Waals surface area contributed by atoms with Crippen molar-refractivity contribution in [1.29, 1.82) is 0 Å². The van der Waals surface area contributed by atoms with Crippen molar-refractivity contribution < 1.29 is 0 Å². The van der Waals surface area contributed by atoms with Crippen molar-refractivity contribution >= 4 is 15.9 Å². The molecule has 1 aliphatic rings. The van der Waals surface area contributed by atoms with Crippen molar-refractivity contribution in [3.8, 4) is 0 Å². The first-order chi connectivity index (χ1) is 6.18. The molecule has 1 aromatic rings. The fraction of sp³-hybridized carbons (Fsp3) is 0.455. The fourth-order valence-corrected chi connectivity index (χ4v) is 2.42. The number of halogens is 1. The van der Waals surface area contributed by atoms with Crippen LogP contribution in [0.2, 0.25) is 0 Å². The lowest BCUT2D eigenvalue weighted by Crippen LogP contribution is -2.35. The van der Waals surface area contributed by atoms with Gasteiger partial charge in [-0.25, -0.2) is 0 Å². The third-order valence-electron chi connectivity index (χ3n) is 2.89. The molecule has 0 bridgehead atoms. The molecular formula is C11H14BrN. The maximum Gasteiger partial charge on any atom is 0.0236 e. The largest absolute Gasteiger partial charge is 0.299 e. The van der Waals surface area contributed by atoms with E-state index < -0.39 is 0 Å². The monoisotopic (exact) mass is 239 g/mol. The lowest BCUT2D eigenvalue weighted by atomic mass is 9.95. The maximum atomic E-state index is 3.61. The van der Waals surface area contributed by atoms with E-state index in [2.05, 4.69) is 53.0 Å². The smallest absolute Gasteiger partial charge is 0.0236 e. The topological polar surface area (TPSA) is 3.24 Å². The van der Waals surface area contributed by atoms with Crippen LogP contribution in [0, 0.1) is 0 Å². The van der Waals surface area contributed by atoms with Crippen molar-refractivity contribution in [2.24, 2.45) is 0 Å². The van der Waals surface area contributed by atoms with Gasteiger partial charge in [-0.2, -0.15) is 0 Å². The summed E-state index contributed by atoms with van der Waals surface area (Å²) >= 11 is 3.61. The standard InChI is InChI=1S/C11H14BrN/c1-8-6-10-9(7-13(8)2)4-3-5-11(10)12/h3-5,8H,6-7H2,1-2H3. The molecule has 1 aliphatic heterocycles. The molecule has 0 saturated heterocycles. The van der Waals surface area contributed by atoms with Gasteiger partial charge in [0.05, 0.1) is 0 Å². The van der Waals surface area contributed by atoms with E-state index in [0.717, 1.165) is 13.0 Å². The van der Waals surface area contributed by atoms with Gasteiger partial charge in [-0.05, 0) is 37.6 Å². The normalized spacial score (nSPS) is 22.8. The molecular weight excluding hydrogens is 226 g/mol. The zero-order chi connectivity index (χ0) is 9.42. The quantitative estimate of drug-likeness (QED) is 0.674. The Balaban J connectivity index is 2.42. The van der Waals surface area contributed by atoms with Gasteiger partial charge in [0.15, 0.2) is 0 Å². The minimum Gasteiger partial charge on any atom is -0.299 e. The highest BCUT2D eigenvalue weighted by atomic mass is 79.9. The Morgan fingerprint density at radius 1 is 1.46 bits per heavy atom. The minimum absolute atomic E-state index is 0.659. The molecule has 13 heavy (non-hydrogen) atoms. The number of benzene rings is 1. The van der Waals surface area contributed by atoms with Gasteiger partial charge >= 0.3 is 0 Å². The van der Waals surface area contributed by atoms with Crippen molar-refractivity contribution in [3.63, 3.8) is 0 Å². The zero-order valence-corrected chi connectivity index (χ0v) is 9.63. The van der Waals surface area contributed by atoms with Crippen LogP contribution in [0.1, 0.15) is 18.1 Å². The lowest BCUT2D eigenvalue weighted by molar-refractivity contribution is 0.231. The number of hydrogen-bond acceptors (Lipinski definition) is 1. The van der Waals surface area contributed by atoms with Crippen LogP contribution in [0.4, 0.5) is 0 Å². The first-order valence-corrected chi connectivity index (χ1v) is 5.44. The van der Waals surface area contributed by atoms with E-state index in [1.807, 2.05) is 0 Å². The highest BCUT2D eigenvalue weighted by Crippen LogP contribution is 2.28. The summed E-state index contributed by atoms with van der Waals surface area (Å²) in [6.07, 6.45) is 1.16. The van der Waals surface area contributed by atoms with Crippen LogP contribution in [0.3, 0.4) is 0 Å². The molecule has 1 heterocycles. The van der Waals surface area contributed by atoms with Gasteiger partial charge in [-0.15, -0.1) is 0 Å². The van der Waals surface area contributed by atoms with E-state index in [9.17, 15) is 0 Å². The Hall–Kier alpha value is -0.340. The summed E-state index contributed by atoms with van der Waals surface area (Å²) in [7, 11) is 2.19. The van der Waals surface area contributed by atoms with Gasteiger partial charge < -0.3 is 0 Å². The highest BCUT2D eigenvalue weighted by molar-refractivity contribution is 9.10. The summed E-state index contributed by atoms with van der Waals surface area (Å²) in [5.41, 5.74) is 2.96. The second-order valence-electron chi connectivity index (χ2n) is 3.85. The molecule has 70 valence electrons. The van der Waals surface area contributed by atoms with E-state index in [4.69, 9.17) is 0 Å². The molecule has 1 aromatic carbocycles. The van der Waals surface area contributed by atoms with Crippen LogP contribution < -0.4 is 0 Å². The van der Waals surface area contributed by atoms with Crippen molar-refractivity contribution in [3.05, 3.63) is 33.8 Å². The molecule has 0 N–H and O–H groups in total. The van der Waals surface area contributed by atoms with Gasteiger partial charge in [0.25, 0.3) is 0 Å². The Labute approximate surface area is 87.9 Å². The fourth-order valence-electron chi connectivity index (χ4n) is 1.86. The summed E-state index contributed by atoms with van der Waals surface area (Å²) < 4.78 is 1.27. The number of likely N-dealkylation sites (N-methyl/N-ethyl adjacent to an activating group) is 1. The zero-order valence-electron chi connectivity index (χ0n) is 8.05. The average Bonchev–Trinajstić information content (AvgIpc) is 2.09. The van der Waals surface area contributed by atoms with Gasteiger partial charge in [-0.1, -0.05) is 28.1 Å². The van der Waals surface area contributed by atoms with Crippen LogP contribution in [0.15, 0.2) is 22.7 Å². The molecule has 0 radical (unpaired) electrons. The molecule has 2 rings (SSSR count). The Morgan fingerprint density at radius 2 is 2.23 bits per heavy atom. The van der Waals surface area contributed by atoms with E-state index >= 15 is 0 Å². The molecule has 0 spiro atoms. The van der Waals surface area contributed by atoms with Crippen LogP contribution in [0.5, 0.6) is 0 Å². The number of nitrogens with zero attached hydrogens (tertiary/aromatic N) is 1. The Bertz CT molecular complexity index is 322. The molecule has 2 heteroatoms. The molecule has 1 nitrogen and oxygen atoms in total. The third-order valence-corrected chi connectivity index (χ3v) is 3.63. The highest BCUT2D eigenvalue weighted by Gasteiger charge is 2.20. The van der Waals surface area contributed by atoms with E-state index in [1.165, 1.54) is 15.6 Å². The van der Waals surface area contributed by atoms with E-state index in [0.29, 0.717) is 6.04 Å². The van der Waals surface area contributed by atoms with Crippen LogP contribution >= 0.6 is 15.9 Å². The predicted octanol–water partition coefficient (Wildman–Crippen LogP) is 2.83. The van der Waals surface area contributed by atoms with Crippen LogP contribution in [-0.4, -0.2) is 18.0 Å².